The Bertz CT molecular complexity index is 703. The first-order chi connectivity index (χ1) is 8.97. The van der Waals surface area contributed by atoms with E-state index < -0.39 is 0 Å². The summed E-state index contributed by atoms with van der Waals surface area (Å²) in [6, 6.07) is 5.54. The minimum Gasteiger partial charge on any atom is -0.448 e. The first kappa shape index (κ1) is 14.2. The fourth-order valence-electron chi connectivity index (χ4n) is 1.67. The molecular formula is C12H3Br4ClO2. The zero-order valence-corrected chi connectivity index (χ0v) is 16.0. The van der Waals surface area contributed by atoms with Crippen molar-refractivity contribution in [2.75, 3.05) is 0 Å². The normalized spacial score (nSPS) is 12.3. The summed E-state index contributed by atoms with van der Waals surface area (Å²) < 4.78 is 14.9. The lowest BCUT2D eigenvalue weighted by atomic mass is 10.2. The van der Waals surface area contributed by atoms with Crippen molar-refractivity contribution in [1.29, 1.82) is 0 Å². The van der Waals surface area contributed by atoms with Crippen LogP contribution in [0.5, 0.6) is 23.0 Å². The standard InChI is InChI=1S/C12H3Br4ClO2/c13-4-1-6(15)10-8(2-4)18-12-9(17)5(14)3-7(16)11(12)19-10/h1-3H. The van der Waals surface area contributed by atoms with Crippen LogP contribution in [0.4, 0.5) is 0 Å². The van der Waals surface area contributed by atoms with Gasteiger partial charge in [0.25, 0.3) is 0 Å². The lowest BCUT2D eigenvalue weighted by molar-refractivity contribution is 0.355. The number of benzene rings is 2. The second-order valence-electron chi connectivity index (χ2n) is 3.73. The first-order valence-electron chi connectivity index (χ1n) is 4.99. The summed E-state index contributed by atoms with van der Waals surface area (Å²) in [6.07, 6.45) is 0. The zero-order valence-electron chi connectivity index (χ0n) is 8.94. The SMILES string of the molecule is Clc1c(Br)cc(Br)c2c1Oc1cc(Br)cc(Br)c1O2. The third-order valence-corrected chi connectivity index (χ3v) is 5.34. The quantitative estimate of drug-likeness (QED) is 0.282. The minimum atomic E-state index is 0.472. The first-order valence-corrected chi connectivity index (χ1v) is 8.54. The molecule has 0 bridgehead atoms. The van der Waals surface area contributed by atoms with Gasteiger partial charge in [-0.2, -0.15) is 0 Å². The number of hydrogen-bond donors (Lipinski definition) is 0. The highest BCUT2D eigenvalue weighted by Crippen LogP contribution is 2.55. The van der Waals surface area contributed by atoms with E-state index in [-0.39, 0.29) is 0 Å². The lowest BCUT2D eigenvalue weighted by Gasteiger charge is -2.24. The fraction of sp³-hybridized carbons (Fsp3) is 0. The van der Waals surface area contributed by atoms with Crippen molar-refractivity contribution in [2.45, 2.75) is 0 Å². The van der Waals surface area contributed by atoms with Crippen LogP contribution >= 0.6 is 75.3 Å². The van der Waals surface area contributed by atoms with Gasteiger partial charge in [0.2, 0.25) is 0 Å². The van der Waals surface area contributed by atoms with E-state index in [0.29, 0.717) is 28.0 Å². The second-order valence-corrected chi connectivity index (χ2v) is 7.59. The van der Waals surface area contributed by atoms with Gasteiger partial charge in [-0.15, -0.1) is 0 Å². The molecule has 3 rings (SSSR count). The Hall–Kier alpha value is 0.250. The van der Waals surface area contributed by atoms with Crippen LogP contribution < -0.4 is 9.47 Å². The highest BCUT2D eigenvalue weighted by atomic mass is 79.9. The van der Waals surface area contributed by atoms with Crippen molar-refractivity contribution in [3.8, 4) is 23.0 Å². The summed E-state index contributed by atoms with van der Waals surface area (Å²) in [4.78, 5) is 0. The van der Waals surface area contributed by atoms with Gasteiger partial charge in [0.15, 0.2) is 23.0 Å². The van der Waals surface area contributed by atoms with E-state index in [1.807, 2.05) is 18.2 Å². The van der Waals surface area contributed by atoms with Crippen LogP contribution in [-0.4, -0.2) is 0 Å². The fourth-order valence-corrected chi connectivity index (χ4v) is 4.32. The zero-order chi connectivity index (χ0) is 13.7. The molecule has 2 aromatic rings. The summed E-state index contributed by atoms with van der Waals surface area (Å²) in [5, 5.41) is 0.472. The Morgan fingerprint density at radius 2 is 1.42 bits per heavy atom. The molecule has 1 aliphatic heterocycles. The molecule has 19 heavy (non-hydrogen) atoms. The molecule has 0 atom stereocenters. The van der Waals surface area contributed by atoms with Crippen LogP contribution in [0.2, 0.25) is 5.02 Å². The Balaban J connectivity index is 2.22. The van der Waals surface area contributed by atoms with Gasteiger partial charge in [-0.05, 0) is 66.0 Å². The summed E-state index contributed by atoms with van der Waals surface area (Å²) in [5.41, 5.74) is 0. The smallest absolute Gasteiger partial charge is 0.191 e. The average Bonchev–Trinajstić information content (AvgIpc) is 2.34. The van der Waals surface area contributed by atoms with E-state index >= 15 is 0 Å². The second kappa shape index (κ2) is 5.22. The van der Waals surface area contributed by atoms with Gasteiger partial charge in [0.1, 0.15) is 5.02 Å². The van der Waals surface area contributed by atoms with E-state index in [1.165, 1.54) is 0 Å². The van der Waals surface area contributed by atoms with Crippen molar-refractivity contribution >= 4 is 75.3 Å². The van der Waals surface area contributed by atoms with Crippen molar-refractivity contribution < 1.29 is 9.47 Å². The molecule has 0 fully saturated rings. The Morgan fingerprint density at radius 3 is 2.16 bits per heavy atom. The highest BCUT2D eigenvalue weighted by molar-refractivity contribution is 9.11. The molecule has 98 valence electrons. The number of halogens is 5. The van der Waals surface area contributed by atoms with Gasteiger partial charge in [0, 0.05) is 8.95 Å². The van der Waals surface area contributed by atoms with E-state index in [1.54, 1.807) is 0 Å². The molecule has 0 unspecified atom stereocenters. The Labute approximate surface area is 147 Å². The van der Waals surface area contributed by atoms with Crippen LogP contribution in [0.3, 0.4) is 0 Å². The van der Waals surface area contributed by atoms with E-state index in [2.05, 4.69) is 63.7 Å². The number of hydrogen-bond acceptors (Lipinski definition) is 2. The molecule has 1 heterocycles. The molecule has 0 aliphatic carbocycles. The summed E-state index contributed by atoms with van der Waals surface area (Å²) in [6.45, 7) is 0. The molecule has 7 heteroatoms. The molecule has 2 aromatic carbocycles. The lowest BCUT2D eigenvalue weighted by Crippen LogP contribution is -2.01. The third-order valence-electron chi connectivity index (χ3n) is 2.48. The van der Waals surface area contributed by atoms with Gasteiger partial charge in [-0.3, -0.25) is 0 Å². The van der Waals surface area contributed by atoms with Gasteiger partial charge >= 0.3 is 0 Å². The van der Waals surface area contributed by atoms with Gasteiger partial charge < -0.3 is 9.47 Å². The van der Waals surface area contributed by atoms with Crippen LogP contribution in [0.15, 0.2) is 36.1 Å². The van der Waals surface area contributed by atoms with Crippen molar-refractivity contribution in [1.82, 2.24) is 0 Å². The molecule has 0 saturated heterocycles. The monoisotopic (exact) mass is 530 g/mol. The Kier molecular flexibility index (Phi) is 3.90. The van der Waals surface area contributed by atoms with Crippen LogP contribution in [0.25, 0.3) is 0 Å². The van der Waals surface area contributed by atoms with E-state index in [0.717, 1.165) is 17.9 Å². The number of ether oxygens (including phenoxy) is 2. The number of rotatable bonds is 0. The van der Waals surface area contributed by atoms with E-state index in [9.17, 15) is 0 Å². The molecule has 1 aliphatic rings. The molecule has 0 saturated carbocycles. The van der Waals surface area contributed by atoms with Crippen molar-refractivity contribution in [3.63, 3.8) is 0 Å². The largest absolute Gasteiger partial charge is 0.448 e. The average molecular weight is 534 g/mol. The minimum absolute atomic E-state index is 0.472. The highest BCUT2D eigenvalue weighted by Gasteiger charge is 2.27. The maximum Gasteiger partial charge on any atom is 0.191 e. The summed E-state index contributed by atoms with van der Waals surface area (Å²) in [5.74, 6) is 2.26. The van der Waals surface area contributed by atoms with Crippen LogP contribution in [-0.2, 0) is 0 Å². The molecule has 0 amide bonds. The van der Waals surface area contributed by atoms with Crippen LogP contribution in [0, 0.1) is 0 Å². The topological polar surface area (TPSA) is 18.5 Å². The van der Waals surface area contributed by atoms with E-state index in [4.69, 9.17) is 21.1 Å². The number of fused-ring (bicyclic) bond motifs is 2. The van der Waals surface area contributed by atoms with Gasteiger partial charge in [-0.25, -0.2) is 0 Å². The van der Waals surface area contributed by atoms with Crippen molar-refractivity contribution in [3.05, 3.63) is 41.1 Å². The van der Waals surface area contributed by atoms with Crippen LogP contribution in [0.1, 0.15) is 0 Å². The maximum atomic E-state index is 6.23. The van der Waals surface area contributed by atoms with Gasteiger partial charge in [-0.1, -0.05) is 27.5 Å². The molecule has 0 aromatic heterocycles. The predicted molar refractivity (Wildman–Crippen MR) is 88.8 cm³/mol. The molecule has 0 spiro atoms. The molecular weight excluding hydrogens is 531 g/mol. The molecule has 0 N–H and O–H groups in total. The summed E-state index contributed by atoms with van der Waals surface area (Å²) in [7, 11) is 0. The Morgan fingerprint density at radius 1 is 0.737 bits per heavy atom. The molecule has 2 nitrogen and oxygen atoms in total. The van der Waals surface area contributed by atoms with Crippen molar-refractivity contribution in [2.24, 2.45) is 0 Å². The van der Waals surface area contributed by atoms with Gasteiger partial charge in [0.05, 0.1) is 8.95 Å². The summed E-state index contributed by atoms with van der Waals surface area (Å²) >= 11 is 19.9. The predicted octanol–water partition coefficient (Wildman–Crippen LogP) is 7.29. The molecule has 0 radical (unpaired) electrons. The maximum absolute atomic E-state index is 6.23. The third kappa shape index (κ3) is 2.46.